The predicted octanol–water partition coefficient (Wildman–Crippen LogP) is 1.23. The van der Waals surface area contributed by atoms with Crippen molar-refractivity contribution >= 4 is 5.91 Å². The molecule has 1 heterocycles. The molecule has 2 aromatic rings. The van der Waals surface area contributed by atoms with Gasteiger partial charge in [0.15, 0.2) is 0 Å². The summed E-state index contributed by atoms with van der Waals surface area (Å²) in [6.07, 6.45) is 2.74. The van der Waals surface area contributed by atoms with Gasteiger partial charge in [-0.25, -0.2) is 0 Å². The van der Waals surface area contributed by atoms with Crippen molar-refractivity contribution in [1.82, 2.24) is 26.0 Å². The van der Waals surface area contributed by atoms with Gasteiger partial charge in [0.05, 0.1) is 0 Å². The molecule has 1 fully saturated rings. The number of hydrogen-bond acceptors (Lipinski definition) is 4. The van der Waals surface area contributed by atoms with Crippen LogP contribution in [-0.4, -0.2) is 33.9 Å². The van der Waals surface area contributed by atoms with E-state index >= 15 is 0 Å². The van der Waals surface area contributed by atoms with Gasteiger partial charge in [0.25, 0.3) is 0 Å². The number of hydrogen-bond donors (Lipinski definition) is 3. The SMILES string of the molecule is O=C(CCNCc1n[nH]nc1-c1ccccc1)NC1CC1. The van der Waals surface area contributed by atoms with Crippen LogP contribution in [0.4, 0.5) is 0 Å². The number of benzene rings is 1. The van der Waals surface area contributed by atoms with Crippen molar-refractivity contribution in [2.24, 2.45) is 0 Å². The summed E-state index contributed by atoms with van der Waals surface area (Å²) in [4.78, 5) is 11.6. The fourth-order valence-electron chi connectivity index (χ4n) is 2.14. The molecule has 0 radical (unpaired) electrons. The van der Waals surface area contributed by atoms with Gasteiger partial charge in [-0.2, -0.15) is 15.4 Å². The van der Waals surface area contributed by atoms with Gasteiger partial charge in [0.2, 0.25) is 5.91 Å². The van der Waals surface area contributed by atoms with Crippen LogP contribution in [0, 0.1) is 0 Å². The van der Waals surface area contributed by atoms with Crippen LogP contribution in [0.15, 0.2) is 30.3 Å². The Morgan fingerprint density at radius 3 is 2.81 bits per heavy atom. The summed E-state index contributed by atoms with van der Waals surface area (Å²) >= 11 is 0. The third-order valence-electron chi connectivity index (χ3n) is 3.43. The van der Waals surface area contributed by atoms with E-state index < -0.39 is 0 Å². The highest BCUT2D eigenvalue weighted by atomic mass is 16.1. The molecule has 3 rings (SSSR count). The molecule has 1 aliphatic rings. The maximum absolute atomic E-state index is 11.6. The van der Waals surface area contributed by atoms with Crippen molar-refractivity contribution in [3.8, 4) is 11.3 Å². The smallest absolute Gasteiger partial charge is 0.221 e. The van der Waals surface area contributed by atoms with E-state index in [4.69, 9.17) is 0 Å². The quantitative estimate of drug-likeness (QED) is 0.668. The number of aromatic nitrogens is 3. The minimum atomic E-state index is 0.119. The average molecular weight is 285 g/mol. The van der Waals surface area contributed by atoms with Crippen molar-refractivity contribution < 1.29 is 4.79 Å². The molecular formula is C15H19N5O. The number of H-pyrrole nitrogens is 1. The normalized spacial score (nSPS) is 14.1. The van der Waals surface area contributed by atoms with Crippen molar-refractivity contribution in [1.29, 1.82) is 0 Å². The van der Waals surface area contributed by atoms with E-state index in [1.165, 1.54) is 0 Å². The van der Waals surface area contributed by atoms with Crippen molar-refractivity contribution in [2.45, 2.75) is 31.8 Å². The summed E-state index contributed by atoms with van der Waals surface area (Å²) in [5.74, 6) is 0.119. The van der Waals surface area contributed by atoms with Crippen LogP contribution in [0.1, 0.15) is 25.0 Å². The second-order valence-corrected chi connectivity index (χ2v) is 5.25. The maximum atomic E-state index is 11.6. The molecule has 0 saturated heterocycles. The van der Waals surface area contributed by atoms with E-state index in [0.717, 1.165) is 29.8 Å². The van der Waals surface area contributed by atoms with Gasteiger partial charge >= 0.3 is 0 Å². The molecule has 3 N–H and O–H groups in total. The lowest BCUT2D eigenvalue weighted by Crippen LogP contribution is -2.29. The van der Waals surface area contributed by atoms with E-state index in [1.807, 2.05) is 30.3 Å². The Labute approximate surface area is 123 Å². The minimum Gasteiger partial charge on any atom is -0.353 e. The molecule has 0 atom stereocenters. The molecule has 21 heavy (non-hydrogen) atoms. The zero-order valence-electron chi connectivity index (χ0n) is 11.8. The van der Waals surface area contributed by atoms with Crippen molar-refractivity contribution in [2.75, 3.05) is 6.54 Å². The van der Waals surface area contributed by atoms with E-state index in [0.29, 0.717) is 25.6 Å². The first-order valence-electron chi connectivity index (χ1n) is 7.28. The number of rotatable bonds is 7. The summed E-state index contributed by atoms with van der Waals surface area (Å²) in [5, 5.41) is 17.2. The van der Waals surface area contributed by atoms with Crippen LogP contribution >= 0.6 is 0 Å². The van der Waals surface area contributed by atoms with E-state index in [9.17, 15) is 4.79 Å². The average Bonchev–Trinajstić information content (AvgIpc) is 3.19. The Morgan fingerprint density at radius 2 is 2.05 bits per heavy atom. The Bertz CT molecular complexity index is 591. The first kappa shape index (κ1) is 13.8. The van der Waals surface area contributed by atoms with Crippen LogP contribution in [0.2, 0.25) is 0 Å². The highest BCUT2D eigenvalue weighted by molar-refractivity contribution is 5.76. The monoisotopic (exact) mass is 285 g/mol. The third kappa shape index (κ3) is 3.88. The van der Waals surface area contributed by atoms with Crippen molar-refractivity contribution in [3.63, 3.8) is 0 Å². The Kier molecular flexibility index (Phi) is 4.25. The Hall–Kier alpha value is -2.21. The van der Waals surface area contributed by atoms with Gasteiger partial charge in [-0.05, 0) is 12.8 Å². The number of amides is 1. The van der Waals surface area contributed by atoms with Crippen LogP contribution in [0.3, 0.4) is 0 Å². The minimum absolute atomic E-state index is 0.119. The summed E-state index contributed by atoms with van der Waals surface area (Å²) in [5.41, 5.74) is 2.75. The summed E-state index contributed by atoms with van der Waals surface area (Å²) in [6, 6.07) is 10.4. The van der Waals surface area contributed by atoms with Gasteiger partial charge in [-0.15, -0.1) is 0 Å². The maximum Gasteiger partial charge on any atom is 0.221 e. The Morgan fingerprint density at radius 1 is 1.24 bits per heavy atom. The fraction of sp³-hybridized carbons (Fsp3) is 0.400. The molecular weight excluding hydrogens is 266 g/mol. The molecule has 1 aromatic heterocycles. The molecule has 1 aromatic carbocycles. The lowest BCUT2D eigenvalue weighted by Gasteiger charge is -2.05. The highest BCUT2D eigenvalue weighted by Crippen LogP contribution is 2.19. The van der Waals surface area contributed by atoms with Gasteiger partial charge in [0.1, 0.15) is 11.4 Å². The number of carbonyl (C=O) groups excluding carboxylic acids is 1. The van der Waals surface area contributed by atoms with Gasteiger partial charge in [0, 0.05) is 31.1 Å². The summed E-state index contributed by atoms with van der Waals surface area (Å²) in [6.45, 7) is 1.23. The molecule has 110 valence electrons. The lowest BCUT2D eigenvalue weighted by molar-refractivity contribution is -0.121. The summed E-state index contributed by atoms with van der Waals surface area (Å²) in [7, 11) is 0. The Balaban J connectivity index is 1.47. The van der Waals surface area contributed by atoms with Gasteiger partial charge < -0.3 is 10.6 Å². The van der Waals surface area contributed by atoms with Crippen molar-refractivity contribution in [3.05, 3.63) is 36.0 Å². The molecule has 0 unspecified atom stereocenters. The molecule has 0 bridgehead atoms. The topological polar surface area (TPSA) is 82.7 Å². The molecule has 6 heteroatoms. The number of carbonyl (C=O) groups is 1. The zero-order chi connectivity index (χ0) is 14.5. The van der Waals surface area contributed by atoms with Gasteiger partial charge in [-0.3, -0.25) is 4.79 Å². The first-order chi connectivity index (χ1) is 10.3. The molecule has 0 aliphatic heterocycles. The molecule has 0 spiro atoms. The van der Waals surface area contributed by atoms with E-state index in [1.54, 1.807) is 0 Å². The van der Waals surface area contributed by atoms with Crippen LogP contribution in [-0.2, 0) is 11.3 Å². The second kappa shape index (κ2) is 6.49. The number of nitrogens with zero attached hydrogens (tertiary/aromatic N) is 2. The third-order valence-corrected chi connectivity index (χ3v) is 3.43. The molecule has 6 nitrogen and oxygen atoms in total. The van der Waals surface area contributed by atoms with E-state index in [2.05, 4.69) is 26.0 Å². The molecule has 1 amide bonds. The fourth-order valence-corrected chi connectivity index (χ4v) is 2.14. The molecule has 1 saturated carbocycles. The standard InChI is InChI=1S/C15H19N5O/c21-14(17-12-6-7-12)8-9-16-10-13-15(19-20-18-13)11-4-2-1-3-5-11/h1-5,12,16H,6-10H2,(H,17,21)(H,18,19,20). The second-order valence-electron chi connectivity index (χ2n) is 5.25. The largest absolute Gasteiger partial charge is 0.353 e. The first-order valence-corrected chi connectivity index (χ1v) is 7.28. The zero-order valence-corrected chi connectivity index (χ0v) is 11.8. The summed E-state index contributed by atoms with van der Waals surface area (Å²) < 4.78 is 0. The number of aromatic amines is 1. The number of nitrogens with one attached hydrogen (secondary N) is 3. The van der Waals surface area contributed by atoms with Gasteiger partial charge in [-0.1, -0.05) is 30.3 Å². The van der Waals surface area contributed by atoms with Crippen LogP contribution < -0.4 is 10.6 Å². The molecule has 1 aliphatic carbocycles. The predicted molar refractivity (Wildman–Crippen MR) is 79.3 cm³/mol. The highest BCUT2D eigenvalue weighted by Gasteiger charge is 2.22. The van der Waals surface area contributed by atoms with Crippen LogP contribution in [0.25, 0.3) is 11.3 Å². The lowest BCUT2D eigenvalue weighted by atomic mass is 10.1. The van der Waals surface area contributed by atoms with E-state index in [-0.39, 0.29) is 5.91 Å². The van der Waals surface area contributed by atoms with Crippen LogP contribution in [0.5, 0.6) is 0 Å².